The average molecular weight is 362 g/mol. The van der Waals surface area contributed by atoms with E-state index in [2.05, 4.69) is 9.97 Å². The number of rotatable bonds is 5. The highest BCUT2D eigenvalue weighted by Gasteiger charge is 2.15. The molecule has 1 heterocycles. The van der Waals surface area contributed by atoms with Crippen LogP contribution in [0.4, 0.5) is 0 Å². The molecule has 1 aromatic heterocycles. The Labute approximate surface area is 152 Å². The van der Waals surface area contributed by atoms with Crippen LogP contribution in [-0.4, -0.2) is 9.97 Å². The van der Waals surface area contributed by atoms with Crippen LogP contribution in [0, 0.1) is 0 Å². The Bertz CT molecular complexity index is 784. The number of halogens is 2. The molecular weight excluding hydrogens is 345 g/mol. The van der Waals surface area contributed by atoms with Crippen molar-refractivity contribution in [1.82, 2.24) is 9.97 Å². The Kier molecular flexibility index (Phi) is 6.55. The van der Waals surface area contributed by atoms with E-state index in [-0.39, 0.29) is 12.4 Å². The molecule has 2 N–H and O–H groups in total. The van der Waals surface area contributed by atoms with E-state index in [0.717, 1.165) is 16.9 Å². The van der Waals surface area contributed by atoms with E-state index in [9.17, 15) is 0 Å². The maximum absolute atomic E-state index is 6.25. The van der Waals surface area contributed by atoms with Gasteiger partial charge in [0.15, 0.2) is 5.15 Å². The van der Waals surface area contributed by atoms with Gasteiger partial charge in [-0.05, 0) is 23.3 Å². The zero-order chi connectivity index (χ0) is 16.1. The number of aromatic nitrogens is 2. The number of hydrogen-bond acceptors (Lipinski definition) is 4. The maximum atomic E-state index is 6.25. The first kappa shape index (κ1) is 18.2. The highest BCUT2D eigenvalue weighted by Crippen LogP contribution is 2.25. The summed E-state index contributed by atoms with van der Waals surface area (Å²) >= 11 is 6.07. The van der Waals surface area contributed by atoms with Gasteiger partial charge in [-0.1, -0.05) is 54.1 Å². The van der Waals surface area contributed by atoms with Crippen molar-refractivity contribution in [2.45, 2.75) is 12.6 Å². The first-order chi connectivity index (χ1) is 11.2. The fraction of sp³-hybridized carbons (Fsp3) is 0.111. The normalized spacial score (nSPS) is 11.4. The molecule has 0 saturated heterocycles. The first-order valence-corrected chi connectivity index (χ1v) is 7.60. The van der Waals surface area contributed by atoms with Crippen LogP contribution in [0.2, 0.25) is 5.15 Å². The maximum Gasteiger partial charge on any atom is 0.152 e. The average Bonchev–Trinajstić information content (AvgIpc) is 2.61. The van der Waals surface area contributed by atoms with E-state index < -0.39 is 6.04 Å². The molecule has 0 saturated carbocycles. The predicted molar refractivity (Wildman–Crippen MR) is 97.5 cm³/mol. The molecule has 3 rings (SSSR count). The lowest BCUT2D eigenvalue weighted by Gasteiger charge is -2.14. The lowest BCUT2D eigenvalue weighted by Crippen LogP contribution is -2.14. The number of nitrogens with zero attached hydrogens (tertiary/aromatic N) is 2. The highest BCUT2D eigenvalue weighted by atomic mass is 35.5. The van der Waals surface area contributed by atoms with Crippen molar-refractivity contribution in [3.63, 3.8) is 0 Å². The third-order valence-electron chi connectivity index (χ3n) is 3.44. The third kappa shape index (κ3) is 4.45. The van der Waals surface area contributed by atoms with Crippen molar-refractivity contribution >= 4 is 24.0 Å². The third-order valence-corrected chi connectivity index (χ3v) is 3.73. The molecule has 6 heteroatoms. The molecule has 0 aliphatic rings. The van der Waals surface area contributed by atoms with Gasteiger partial charge in [0, 0.05) is 12.4 Å². The second-order valence-electron chi connectivity index (χ2n) is 5.06. The molecule has 0 radical (unpaired) electrons. The molecular formula is C18H17Cl2N3O. The van der Waals surface area contributed by atoms with E-state index in [1.54, 1.807) is 6.20 Å². The molecule has 124 valence electrons. The van der Waals surface area contributed by atoms with Gasteiger partial charge in [-0.15, -0.1) is 12.4 Å². The van der Waals surface area contributed by atoms with Gasteiger partial charge in [-0.3, -0.25) is 4.98 Å². The number of ether oxygens (including phenoxy) is 1. The van der Waals surface area contributed by atoms with Gasteiger partial charge in [0.1, 0.15) is 12.4 Å². The monoisotopic (exact) mass is 361 g/mol. The molecule has 0 aliphatic carbocycles. The van der Waals surface area contributed by atoms with Crippen LogP contribution in [0.1, 0.15) is 22.9 Å². The Morgan fingerprint density at radius 1 is 1.00 bits per heavy atom. The number of hydrogen-bond donors (Lipinski definition) is 1. The minimum absolute atomic E-state index is 0. The van der Waals surface area contributed by atoms with Gasteiger partial charge in [-0.25, -0.2) is 4.98 Å². The minimum Gasteiger partial charge on any atom is -0.489 e. The molecule has 24 heavy (non-hydrogen) atoms. The number of nitrogens with two attached hydrogens (primary N) is 1. The summed E-state index contributed by atoms with van der Waals surface area (Å²) in [5, 5.41) is 0.315. The van der Waals surface area contributed by atoms with Crippen LogP contribution in [0.25, 0.3) is 0 Å². The second-order valence-corrected chi connectivity index (χ2v) is 5.41. The fourth-order valence-electron chi connectivity index (χ4n) is 2.24. The molecule has 0 spiro atoms. The van der Waals surface area contributed by atoms with Gasteiger partial charge in [0.05, 0.1) is 11.7 Å². The van der Waals surface area contributed by atoms with Crippen LogP contribution in [0.5, 0.6) is 5.75 Å². The molecule has 1 atom stereocenters. The summed E-state index contributed by atoms with van der Waals surface area (Å²) in [6, 6.07) is 17.2. The van der Waals surface area contributed by atoms with Crippen LogP contribution in [-0.2, 0) is 6.61 Å². The van der Waals surface area contributed by atoms with E-state index in [0.29, 0.717) is 17.5 Å². The molecule has 3 aromatic rings. The molecule has 0 aliphatic heterocycles. The summed E-state index contributed by atoms with van der Waals surface area (Å²) in [6.07, 6.45) is 3.12. The lowest BCUT2D eigenvalue weighted by molar-refractivity contribution is 0.306. The van der Waals surface area contributed by atoms with Crippen LogP contribution in [0.3, 0.4) is 0 Å². The Hall–Kier alpha value is -2.14. The summed E-state index contributed by atoms with van der Waals surface area (Å²) < 4.78 is 5.82. The molecule has 2 aromatic carbocycles. The fourth-order valence-corrected chi connectivity index (χ4v) is 2.46. The Morgan fingerprint density at radius 2 is 1.75 bits per heavy atom. The topological polar surface area (TPSA) is 61.0 Å². The first-order valence-electron chi connectivity index (χ1n) is 7.23. The summed E-state index contributed by atoms with van der Waals surface area (Å²) in [6.45, 7) is 0.505. The minimum atomic E-state index is -0.448. The van der Waals surface area contributed by atoms with Gasteiger partial charge in [0.2, 0.25) is 0 Å². The molecule has 4 nitrogen and oxygen atoms in total. The predicted octanol–water partition coefficient (Wildman–Crippen LogP) is 4.18. The number of benzene rings is 2. The Morgan fingerprint density at radius 3 is 2.50 bits per heavy atom. The SMILES string of the molecule is Cl.NC(c1cccc(OCc2ccccc2)c1)c1nccnc1Cl. The highest BCUT2D eigenvalue weighted by molar-refractivity contribution is 6.30. The van der Waals surface area contributed by atoms with Crippen molar-refractivity contribution in [2.24, 2.45) is 5.73 Å². The van der Waals surface area contributed by atoms with Crippen molar-refractivity contribution in [2.75, 3.05) is 0 Å². The molecule has 0 fully saturated rings. The lowest BCUT2D eigenvalue weighted by atomic mass is 10.0. The zero-order valence-corrected chi connectivity index (χ0v) is 14.4. The standard InChI is InChI=1S/C18H16ClN3O.ClH/c19-18-17(21-9-10-22-18)16(20)14-7-4-8-15(11-14)23-12-13-5-2-1-3-6-13;/h1-11,16H,12,20H2;1H. The largest absolute Gasteiger partial charge is 0.489 e. The van der Waals surface area contributed by atoms with Crippen molar-refractivity contribution in [3.05, 3.63) is 89.0 Å². The van der Waals surface area contributed by atoms with Gasteiger partial charge >= 0.3 is 0 Å². The van der Waals surface area contributed by atoms with Gasteiger partial charge in [0.25, 0.3) is 0 Å². The van der Waals surface area contributed by atoms with E-state index in [1.807, 2.05) is 54.6 Å². The Balaban J connectivity index is 0.00000208. The van der Waals surface area contributed by atoms with Crippen molar-refractivity contribution in [3.8, 4) is 5.75 Å². The molecule has 0 bridgehead atoms. The van der Waals surface area contributed by atoms with E-state index in [4.69, 9.17) is 22.1 Å². The quantitative estimate of drug-likeness (QED) is 0.740. The summed E-state index contributed by atoms with van der Waals surface area (Å²) in [5.41, 5.74) is 8.78. The van der Waals surface area contributed by atoms with E-state index >= 15 is 0 Å². The zero-order valence-electron chi connectivity index (χ0n) is 12.8. The molecule has 1 unspecified atom stereocenters. The van der Waals surface area contributed by atoms with Gasteiger partial charge in [-0.2, -0.15) is 0 Å². The summed E-state index contributed by atoms with van der Waals surface area (Å²) in [5.74, 6) is 0.752. The summed E-state index contributed by atoms with van der Waals surface area (Å²) in [4.78, 5) is 8.23. The molecule has 0 amide bonds. The van der Waals surface area contributed by atoms with Gasteiger partial charge < -0.3 is 10.5 Å². The van der Waals surface area contributed by atoms with Crippen LogP contribution >= 0.6 is 24.0 Å². The van der Waals surface area contributed by atoms with Crippen LogP contribution < -0.4 is 10.5 Å². The van der Waals surface area contributed by atoms with Crippen LogP contribution in [0.15, 0.2) is 67.0 Å². The van der Waals surface area contributed by atoms with E-state index in [1.165, 1.54) is 6.20 Å². The van der Waals surface area contributed by atoms with Crippen molar-refractivity contribution < 1.29 is 4.74 Å². The second kappa shape index (κ2) is 8.64. The van der Waals surface area contributed by atoms with Crippen molar-refractivity contribution in [1.29, 1.82) is 0 Å². The smallest absolute Gasteiger partial charge is 0.152 e. The summed E-state index contributed by atoms with van der Waals surface area (Å²) in [7, 11) is 0.